The van der Waals surface area contributed by atoms with Crippen LogP contribution in [0.2, 0.25) is 0 Å². The number of aromatic nitrogens is 1. The van der Waals surface area contributed by atoms with Crippen LogP contribution < -0.4 is 4.90 Å². The molecule has 0 amide bonds. The second-order valence-corrected chi connectivity index (χ2v) is 17.6. The highest BCUT2D eigenvalue weighted by Gasteiger charge is 2.20. The average Bonchev–Trinajstić information content (AvgIpc) is 3.76. The standard InChI is InChI=1S/C66H44N2/c1-2-17-45(18-3-1)56-41-42-57(61-30-9-8-29-60(56)61)50-23-15-25-53(44-50)67(52-24-14-22-49(43-52)55-32-16-21-46-19-4-6-26-54(46)55)51-38-35-48(36-39-51)58-27-10-12-33-64(58)68-65-34-13-11-31-62(65)63-40-37-47-20-5-7-28-59(47)66(63)68/h1-44H. The van der Waals surface area contributed by atoms with E-state index in [0.717, 1.165) is 33.9 Å². The third kappa shape index (κ3) is 6.65. The van der Waals surface area contributed by atoms with E-state index in [1.165, 1.54) is 87.5 Å². The molecule has 318 valence electrons. The van der Waals surface area contributed by atoms with Crippen molar-refractivity contribution >= 4 is 71.2 Å². The second-order valence-electron chi connectivity index (χ2n) is 17.6. The molecule has 0 aliphatic rings. The van der Waals surface area contributed by atoms with Crippen LogP contribution in [0.1, 0.15) is 0 Å². The zero-order chi connectivity index (χ0) is 45.0. The van der Waals surface area contributed by atoms with Crippen LogP contribution in [0.3, 0.4) is 0 Å². The Morgan fingerprint density at radius 2 is 0.735 bits per heavy atom. The lowest BCUT2D eigenvalue weighted by molar-refractivity contribution is 1.19. The van der Waals surface area contributed by atoms with Crippen molar-refractivity contribution in [2.75, 3.05) is 4.90 Å². The van der Waals surface area contributed by atoms with Gasteiger partial charge in [0.2, 0.25) is 0 Å². The van der Waals surface area contributed by atoms with Crippen LogP contribution in [0.4, 0.5) is 17.1 Å². The molecule has 0 unspecified atom stereocenters. The van der Waals surface area contributed by atoms with Gasteiger partial charge in [-0.2, -0.15) is 0 Å². The SMILES string of the molecule is c1ccc(-c2ccc(-c3cccc(N(c4ccc(-c5ccccc5-n5c6ccccc6c6ccc7ccccc7c65)cc4)c4cccc(-c5cccc6ccccc56)c4)c3)c3ccccc23)cc1. The minimum Gasteiger partial charge on any atom is -0.310 e. The van der Waals surface area contributed by atoms with Gasteiger partial charge in [0, 0.05) is 38.8 Å². The Balaban J connectivity index is 0.966. The molecule has 2 nitrogen and oxygen atoms in total. The number of anilines is 3. The molecule has 0 bridgehead atoms. The third-order valence-corrected chi connectivity index (χ3v) is 13.8. The van der Waals surface area contributed by atoms with E-state index < -0.39 is 0 Å². The number of rotatable bonds is 8. The summed E-state index contributed by atoms with van der Waals surface area (Å²) in [6, 6.07) is 97.5. The molecule has 0 aliphatic carbocycles. The van der Waals surface area contributed by atoms with Crippen LogP contribution in [0.25, 0.3) is 104 Å². The third-order valence-electron chi connectivity index (χ3n) is 13.8. The van der Waals surface area contributed by atoms with E-state index in [4.69, 9.17) is 0 Å². The predicted octanol–water partition coefficient (Wildman–Crippen LogP) is 18.4. The molecule has 13 aromatic rings. The highest BCUT2D eigenvalue weighted by atomic mass is 15.1. The first-order valence-electron chi connectivity index (χ1n) is 23.4. The molecule has 68 heavy (non-hydrogen) atoms. The zero-order valence-corrected chi connectivity index (χ0v) is 37.3. The highest BCUT2D eigenvalue weighted by molar-refractivity contribution is 6.19. The molecule has 0 saturated heterocycles. The molecule has 0 atom stereocenters. The van der Waals surface area contributed by atoms with Crippen molar-refractivity contribution in [1.82, 2.24) is 4.57 Å². The summed E-state index contributed by atoms with van der Waals surface area (Å²) >= 11 is 0. The first-order chi connectivity index (χ1) is 33.7. The summed E-state index contributed by atoms with van der Waals surface area (Å²) < 4.78 is 2.48. The maximum Gasteiger partial charge on any atom is 0.0619 e. The predicted molar refractivity (Wildman–Crippen MR) is 290 cm³/mol. The summed E-state index contributed by atoms with van der Waals surface area (Å²) in [6.07, 6.45) is 0. The van der Waals surface area contributed by atoms with Gasteiger partial charge in [-0.25, -0.2) is 0 Å². The Morgan fingerprint density at radius 1 is 0.250 bits per heavy atom. The number of hydrogen-bond acceptors (Lipinski definition) is 1. The van der Waals surface area contributed by atoms with Gasteiger partial charge in [-0.1, -0.05) is 218 Å². The van der Waals surface area contributed by atoms with E-state index in [9.17, 15) is 0 Å². The minimum absolute atomic E-state index is 1.07. The molecule has 0 aliphatic heterocycles. The molecule has 0 saturated carbocycles. The van der Waals surface area contributed by atoms with Crippen molar-refractivity contribution < 1.29 is 0 Å². The van der Waals surface area contributed by atoms with E-state index in [0.29, 0.717) is 0 Å². The van der Waals surface area contributed by atoms with Gasteiger partial charge in [0.1, 0.15) is 0 Å². The van der Waals surface area contributed by atoms with Crippen molar-refractivity contribution in [1.29, 1.82) is 0 Å². The van der Waals surface area contributed by atoms with Crippen molar-refractivity contribution in [3.05, 3.63) is 267 Å². The summed E-state index contributed by atoms with van der Waals surface area (Å²) in [7, 11) is 0. The van der Waals surface area contributed by atoms with Crippen LogP contribution in [-0.4, -0.2) is 4.57 Å². The lowest BCUT2D eigenvalue weighted by Crippen LogP contribution is -2.10. The van der Waals surface area contributed by atoms with Crippen LogP contribution in [0.15, 0.2) is 267 Å². The van der Waals surface area contributed by atoms with Gasteiger partial charge < -0.3 is 9.47 Å². The van der Waals surface area contributed by atoms with E-state index in [1.807, 2.05) is 0 Å². The van der Waals surface area contributed by atoms with Gasteiger partial charge in [0.25, 0.3) is 0 Å². The van der Waals surface area contributed by atoms with Crippen molar-refractivity contribution in [2.45, 2.75) is 0 Å². The maximum absolute atomic E-state index is 2.48. The van der Waals surface area contributed by atoms with Crippen molar-refractivity contribution in [3.8, 4) is 50.2 Å². The van der Waals surface area contributed by atoms with Crippen molar-refractivity contribution in [2.24, 2.45) is 0 Å². The Hall–Kier alpha value is -8.98. The van der Waals surface area contributed by atoms with Gasteiger partial charge in [0.05, 0.1) is 16.7 Å². The summed E-state index contributed by atoms with van der Waals surface area (Å²) in [5.41, 5.74) is 16.4. The van der Waals surface area contributed by atoms with E-state index in [-0.39, 0.29) is 0 Å². The van der Waals surface area contributed by atoms with E-state index in [1.54, 1.807) is 0 Å². The Bertz CT molecular complexity index is 4020. The zero-order valence-electron chi connectivity index (χ0n) is 37.3. The Labute approximate surface area is 395 Å². The number of para-hydroxylation sites is 2. The van der Waals surface area contributed by atoms with Crippen LogP contribution in [-0.2, 0) is 0 Å². The molecule has 0 N–H and O–H groups in total. The molecule has 0 fully saturated rings. The molecular formula is C66H44N2. The van der Waals surface area contributed by atoms with E-state index >= 15 is 0 Å². The fourth-order valence-electron chi connectivity index (χ4n) is 10.7. The van der Waals surface area contributed by atoms with Gasteiger partial charge in [-0.15, -0.1) is 0 Å². The quantitative estimate of drug-likeness (QED) is 0.148. The number of hydrogen-bond donors (Lipinski definition) is 0. The summed E-state index contributed by atoms with van der Waals surface area (Å²) in [6.45, 7) is 0. The van der Waals surface area contributed by atoms with Gasteiger partial charge in [0.15, 0.2) is 0 Å². The first kappa shape index (κ1) is 39.4. The molecule has 12 aromatic carbocycles. The monoisotopic (exact) mass is 864 g/mol. The average molecular weight is 865 g/mol. The number of fused-ring (bicyclic) bond motifs is 7. The molecule has 0 spiro atoms. The normalized spacial score (nSPS) is 11.5. The Kier molecular flexibility index (Phi) is 9.54. The fourth-order valence-corrected chi connectivity index (χ4v) is 10.7. The van der Waals surface area contributed by atoms with Crippen LogP contribution >= 0.6 is 0 Å². The topological polar surface area (TPSA) is 8.17 Å². The highest BCUT2D eigenvalue weighted by Crippen LogP contribution is 2.44. The largest absolute Gasteiger partial charge is 0.310 e. The first-order valence-corrected chi connectivity index (χ1v) is 23.4. The number of nitrogens with zero attached hydrogens (tertiary/aromatic N) is 2. The number of benzene rings is 12. The lowest BCUT2D eigenvalue weighted by atomic mass is 9.92. The summed E-state index contributed by atoms with van der Waals surface area (Å²) in [5.74, 6) is 0. The smallest absolute Gasteiger partial charge is 0.0619 e. The minimum atomic E-state index is 1.07. The fraction of sp³-hybridized carbons (Fsp3) is 0. The second kappa shape index (κ2) is 16.5. The molecule has 1 aromatic heterocycles. The summed E-state index contributed by atoms with van der Waals surface area (Å²) in [4.78, 5) is 2.41. The van der Waals surface area contributed by atoms with Gasteiger partial charge in [-0.05, 0) is 114 Å². The van der Waals surface area contributed by atoms with E-state index in [2.05, 4.69) is 276 Å². The van der Waals surface area contributed by atoms with Gasteiger partial charge >= 0.3 is 0 Å². The molecule has 1 heterocycles. The van der Waals surface area contributed by atoms with Crippen LogP contribution in [0.5, 0.6) is 0 Å². The lowest BCUT2D eigenvalue weighted by Gasteiger charge is -2.27. The van der Waals surface area contributed by atoms with Crippen molar-refractivity contribution in [3.63, 3.8) is 0 Å². The summed E-state index contributed by atoms with van der Waals surface area (Å²) in [5, 5.41) is 9.93. The molecule has 0 radical (unpaired) electrons. The molecule has 2 heteroatoms. The van der Waals surface area contributed by atoms with Gasteiger partial charge in [-0.3, -0.25) is 0 Å². The maximum atomic E-state index is 2.48. The Morgan fingerprint density at radius 3 is 1.46 bits per heavy atom. The van der Waals surface area contributed by atoms with Crippen LogP contribution in [0, 0.1) is 0 Å². The molecular weight excluding hydrogens is 821 g/mol. The molecule has 13 rings (SSSR count).